The van der Waals surface area contributed by atoms with Gasteiger partial charge in [0, 0.05) is 14.8 Å². The van der Waals surface area contributed by atoms with Gasteiger partial charge in [0.05, 0.1) is 5.71 Å². The third-order valence-corrected chi connectivity index (χ3v) is 2.50. The van der Waals surface area contributed by atoms with Crippen molar-refractivity contribution in [3.8, 4) is 0 Å². The van der Waals surface area contributed by atoms with E-state index in [1.54, 1.807) is 13.0 Å². The van der Waals surface area contributed by atoms with Gasteiger partial charge >= 0.3 is 0 Å². The maximum absolute atomic E-state index is 8.50. The Morgan fingerprint density at radius 2 is 2.25 bits per heavy atom. The van der Waals surface area contributed by atoms with E-state index in [1.807, 2.05) is 12.1 Å². The van der Waals surface area contributed by atoms with Crippen LogP contribution in [0, 0.1) is 3.57 Å². The zero-order valence-corrected chi connectivity index (χ0v) is 8.74. The van der Waals surface area contributed by atoms with Gasteiger partial charge in [-0.15, -0.1) is 0 Å². The van der Waals surface area contributed by atoms with Crippen LogP contribution in [-0.2, 0) is 0 Å². The molecule has 0 fully saturated rings. The fourth-order valence-corrected chi connectivity index (χ4v) is 1.33. The molecule has 0 saturated heterocycles. The number of benzene rings is 1. The fraction of sp³-hybridized carbons (Fsp3) is 0.125. The minimum absolute atomic E-state index is 0.591. The molecule has 0 unspecified atom stereocenters. The molecular weight excluding hydrogens is 267 g/mol. The van der Waals surface area contributed by atoms with Crippen LogP contribution in [0.3, 0.4) is 0 Å². The van der Waals surface area contributed by atoms with Gasteiger partial charge in [-0.3, -0.25) is 0 Å². The van der Waals surface area contributed by atoms with E-state index in [1.165, 1.54) is 0 Å². The molecule has 0 aliphatic carbocycles. The molecule has 3 nitrogen and oxygen atoms in total. The topological polar surface area (TPSA) is 58.6 Å². The second-order valence-electron chi connectivity index (χ2n) is 2.42. The highest BCUT2D eigenvalue weighted by Gasteiger charge is 2.00. The molecule has 0 aliphatic heterocycles. The van der Waals surface area contributed by atoms with Crippen LogP contribution in [0.4, 0.5) is 5.69 Å². The Kier molecular flexibility index (Phi) is 2.91. The van der Waals surface area contributed by atoms with Crippen molar-refractivity contribution in [2.45, 2.75) is 6.92 Å². The maximum Gasteiger partial charge on any atom is 0.0837 e. The first-order valence-electron chi connectivity index (χ1n) is 3.39. The van der Waals surface area contributed by atoms with Crippen LogP contribution < -0.4 is 5.73 Å². The maximum atomic E-state index is 8.50. The molecule has 12 heavy (non-hydrogen) atoms. The molecular formula is C8H9IN2O. The molecule has 4 heteroatoms. The van der Waals surface area contributed by atoms with Crippen LogP contribution in [-0.4, -0.2) is 10.9 Å². The van der Waals surface area contributed by atoms with E-state index in [0.29, 0.717) is 5.71 Å². The summed E-state index contributed by atoms with van der Waals surface area (Å²) >= 11 is 2.14. The standard InChI is InChI=1S/C8H9IN2O/c1-5(11-12)6-2-3-8(10)7(9)4-6/h2-4,12H,10H2,1H3. The summed E-state index contributed by atoms with van der Waals surface area (Å²) in [4.78, 5) is 0. The predicted octanol–water partition coefficient (Wildman–Crippen LogP) is 2.07. The van der Waals surface area contributed by atoms with Crippen LogP contribution in [0.5, 0.6) is 0 Å². The lowest BCUT2D eigenvalue weighted by Gasteiger charge is -2.01. The SMILES string of the molecule is CC(=NO)c1ccc(N)c(I)c1. The first-order valence-corrected chi connectivity index (χ1v) is 4.47. The molecule has 0 atom stereocenters. The van der Waals surface area contributed by atoms with Crippen molar-refractivity contribution in [2.75, 3.05) is 5.73 Å². The highest BCUT2D eigenvalue weighted by molar-refractivity contribution is 14.1. The molecule has 0 amide bonds. The van der Waals surface area contributed by atoms with Crippen molar-refractivity contribution >= 4 is 34.0 Å². The highest BCUT2D eigenvalue weighted by Crippen LogP contribution is 2.16. The van der Waals surface area contributed by atoms with Crippen LogP contribution >= 0.6 is 22.6 Å². The van der Waals surface area contributed by atoms with Crippen molar-refractivity contribution in [3.63, 3.8) is 0 Å². The number of nitrogen functional groups attached to an aromatic ring is 1. The largest absolute Gasteiger partial charge is 0.411 e. The predicted molar refractivity (Wildman–Crippen MR) is 57.6 cm³/mol. The van der Waals surface area contributed by atoms with Gasteiger partial charge in [-0.2, -0.15) is 0 Å². The number of hydrogen-bond acceptors (Lipinski definition) is 3. The number of anilines is 1. The third-order valence-electron chi connectivity index (χ3n) is 1.57. The van der Waals surface area contributed by atoms with E-state index in [4.69, 9.17) is 10.9 Å². The van der Waals surface area contributed by atoms with Gasteiger partial charge < -0.3 is 10.9 Å². The summed E-state index contributed by atoms with van der Waals surface area (Å²) in [5.74, 6) is 0. The van der Waals surface area contributed by atoms with Crippen molar-refractivity contribution in [1.82, 2.24) is 0 Å². The van der Waals surface area contributed by atoms with Crippen molar-refractivity contribution in [3.05, 3.63) is 27.3 Å². The minimum atomic E-state index is 0.591. The van der Waals surface area contributed by atoms with Gasteiger partial charge in [0.25, 0.3) is 0 Å². The van der Waals surface area contributed by atoms with Crippen molar-refractivity contribution in [1.29, 1.82) is 0 Å². The minimum Gasteiger partial charge on any atom is -0.411 e. The Labute approximate surface area is 84.4 Å². The lowest BCUT2D eigenvalue weighted by atomic mass is 10.1. The summed E-state index contributed by atoms with van der Waals surface area (Å²) in [6.45, 7) is 1.74. The summed E-state index contributed by atoms with van der Waals surface area (Å²) < 4.78 is 0.966. The van der Waals surface area contributed by atoms with Gasteiger partial charge in [-0.1, -0.05) is 11.2 Å². The van der Waals surface area contributed by atoms with E-state index >= 15 is 0 Å². The summed E-state index contributed by atoms with van der Waals surface area (Å²) in [6, 6.07) is 5.50. The Morgan fingerprint density at radius 3 is 2.75 bits per heavy atom. The molecule has 0 aliphatic rings. The van der Waals surface area contributed by atoms with E-state index in [9.17, 15) is 0 Å². The van der Waals surface area contributed by atoms with Crippen LogP contribution in [0.15, 0.2) is 23.4 Å². The average molecular weight is 276 g/mol. The van der Waals surface area contributed by atoms with Gasteiger partial charge in [-0.05, 0) is 41.6 Å². The molecule has 0 saturated carbocycles. The van der Waals surface area contributed by atoms with Crippen molar-refractivity contribution in [2.24, 2.45) is 5.16 Å². The second kappa shape index (κ2) is 3.75. The molecule has 3 N–H and O–H groups in total. The van der Waals surface area contributed by atoms with E-state index in [2.05, 4.69) is 27.7 Å². The molecule has 0 bridgehead atoms. The summed E-state index contributed by atoms with van der Waals surface area (Å²) in [5, 5.41) is 11.6. The lowest BCUT2D eigenvalue weighted by molar-refractivity contribution is 0.319. The number of rotatable bonds is 1. The normalized spacial score (nSPS) is 11.7. The third kappa shape index (κ3) is 1.88. The number of nitrogens with two attached hydrogens (primary N) is 1. The summed E-state index contributed by atoms with van der Waals surface area (Å²) in [5.41, 5.74) is 7.84. The molecule has 0 heterocycles. The molecule has 1 aromatic rings. The molecule has 64 valence electrons. The van der Waals surface area contributed by atoms with Gasteiger partial charge in [-0.25, -0.2) is 0 Å². The Hall–Kier alpha value is -0.780. The summed E-state index contributed by atoms with van der Waals surface area (Å²) in [6.07, 6.45) is 0. The first kappa shape index (κ1) is 9.31. The smallest absolute Gasteiger partial charge is 0.0837 e. The van der Waals surface area contributed by atoms with E-state index < -0.39 is 0 Å². The molecule has 0 aromatic heterocycles. The van der Waals surface area contributed by atoms with Gasteiger partial charge in [0.2, 0.25) is 0 Å². The van der Waals surface area contributed by atoms with E-state index in [-0.39, 0.29) is 0 Å². The van der Waals surface area contributed by atoms with Crippen LogP contribution in [0.1, 0.15) is 12.5 Å². The first-order chi connectivity index (χ1) is 5.65. The number of hydrogen-bond donors (Lipinski definition) is 2. The average Bonchev–Trinajstić information content (AvgIpc) is 2.08. The number of oxime groups is 1. The zero-order valence-electron chi connectivity index (χ0n) is 6.58. The van der Waals surface area contributed by atoms with Gasteiger partial charge in [0.1, 0.15) is 0 Å². The summed E-state index contributed by atoms with van der Waals surface area (Å²) in [7, 11) is 0. The number of halogens is 1. The van der Waals surface area contributed by atoms with Crippen LogP contribution in [0.2, 0.25) is 0 Å². The molecule has 0 radical (unpaired) electrons. The molecule has 1 aromatic carbocycles. The van der Waals surface area contributed by atoms with Crippen molar-refractivity contribution < 1.29 is 5.21 Å². The zero-order chi connectivity index (χ0) is 9.14. The molecule has 1 rings (SSSR count). The number of nitrogens with zero attached hydrogens (tertiary/aromatic N) is 1. The highest BCUT2D eigenvalue weighted by atomic mass is 127. The fourth-order valence-electron chi connectivity index (χ4n) is 0.810. The molecule has 0 spiro atoms. The Bertz CT molecular complexity index is 323. The van der Waals surface area contributed by atoms with Crippen LogP contribution in [0.25, 0.3) is 0 Å². The lowest BCUT2D eigenvalue weighted by Crippen LogP contribution is -1.97. The monoisotopic (exact) mass is 276 g/mol. The Balaban J connectivity index is 3.13. The van der Waals surface area contributed by atoms with Gasteiger partial charge in [0.15, 0.2) is 0 Å². The van der Waals surface area contributed by atoms with E-state index in [0.717, 1.165) is 14.8 Å². The second-order valence-corrected chi connectivity index (χ2v) is 3.58. The quantitative estimate of drug-likeness (QED) is 0.271. The Morgan fingerprint density at radius 1 is 1.58 bits per heavy atom.